The number of hydrogen-bond acceptors (Lipinski definition) is 3. The highest BCUT2D eigenvalue weighted by molar-refractivity contribution is 4.80. The molecule has 0 bridgehead atoms. The van der Waals surface area contributed by atoms with Crippen molar-refractivity contribution in [2.75, 3.05) is 13.7 Å². The predicted molar refractivity (Wildman–Crippen MR) is 54.7 cm³/mol. The van der Waals surface area contributed by atoms with E-state index in [-0.39, 0.29) is 0 Å². The Labute approximate surface area is 82.4 Å². The quantitative estimate of drug-likeness (QED) is 0.687. The van der Waals surface area contributed by atoms with Crippen LogP contribution in [0.4, 0.5) is 0 Å². The number of rotatable bonds is 4. The van der Waals surface area contributed by atoms with Crippen LogP contribution in [0.2, 0.25) is 0 Å². The lowest BCUT2D eigenvalue weighted by Crippen LogP contribution is -2.43. The first-order valence-electron chi connectivity index (χ1n) is 5.56. The number of nitrogens with one attached hydrogen (secondary N) is 1. The molecular formula is C10H22N2O. The Hall–Kier alpha value is -0.120. The molecule has 0 radical (unpaired) electrons. The zero-order chi connectivity index (χ0) is 10.6. The summed E-state index contributed by atoms with van der Waals surface area (Å²) < 4.78 is 12.9. The first-order chi connectivity index (χ1) is 6.53. The maximum absolute atomic E-state index is 7.95. The molecule has 3 heteroatoms. The highest BCUT2D eigenvalue weighted by atomic mass is 16.5. The maximum atomic E-state index is 7.95. The molecule has 0 amide bonds. The van der Waals surface area contributed by atoms with Crippen LogP contribution in [0.1, 0.15) is 34.0 Å². The van der Waals surface area contributed by atoms with Crippen molar-refractivity contribution in [1.29, 1.82) is 0 Å². The molecule has 0 aromatic heterocycles. The molecule has 13 heavy (non-hydrogen) atoms. The van der Waals surface area contributed by atoms with Crippen molar-refractivity contribution < 1.29 is 6.11 Å². The van der Waals surface area contributed by atoms with Crippen molar-refractivity contribution in [1.82, 2.24) is 5.32 Å². The van der Waals surface area contributed by atoms with Gasteiger partial charge in [-0.1, -0.05) is 0 Å². The molecule has 3 nitrogen and oxygen atoms in total. The van der Waals surface area contributed by atoms with Gasteiger partial charge >= 0.3 is 0 Å². The minimum atomic E-state index is -0.666. The Morgan fingerprint density at radius 2 is 2.15 bits per heavy atom. The van der Waals surface area contributed by atoms with Crippen molar-refractivity contribution in [2.24, 2.45) is 5.73 Å². The van der Waals surface area contributed by atoms with Crippen LogP contribution in [0.25, 0.3) is 0 Å². The summed E-state index contributed by atoms with van der Waals surface area (Å²) in [4.78, 5) is 0. The van der Waals surface area contributed by atoms with Crippen LogP contribution in [-0.4, -0.2) is 31.8 Å². The minimum absolute atomic E-state index is 0.368. The van der Waals surface area contributed by atoms with E-state index in [2.05, 4.69) is 5.32 Å². The van der Waals surface area contributed by atoms with Crippen LogP contribution in [0.5, 0.6) is 0 Å². The second-order valence-corrected chi connectivity index (χ2v) is 3.97. The van der Waals surface area contributed by atoms with Crippen LogP contribution in [-0.2, 0) is 4.74 Å². The van der Waals surface area contributed by atoms with E-state index < -0.39 is 6.02 Å². The summed E-state index contributed by atoms with van der Waals surface area (Å²) in [5.41, 5.74) is 5.82. The number of hydrogen-bond donors (Lipinski definition) is 2. The third-order valence-electron chi connectivity index (χ3n) is 2.58. The van der Waals surface area contributed by atoms with E-state index in [4.69, 9.17) is 11.8 Å². The van der Waals surface area contributed by atoms with Crippen molar-refractivity contribution in [3.63, 3.8) is 0 Å². The fraction of sp³-hybridized carbons (Fsp3) is 1.00. The SMILES string of the molecule is [2H]C(C)(COC)NC1CCC(N)CC1. The monoisotopic (exact) mass is 187 g/mol. The third kappa shape index (κ3) is 4.07. The number of methoxy groups -OCH3 is 1. The van der Waals surface area contributed by atoms with Gasteiger partial charge in [-0.25, -0.2) is 0 Å². The highest BCUT2D eigenvalue weighted by Gasteiger charge is 2.19. The summed E-state index contributed by atoms with van der Waals surface area (Å²) in [6.45, 7) is 2.28. The van der Waals surface area contributed by atoms with Crippen LogP contribution >= 0.6 is 0 Å². The molecule has 1 unspecified atom stereocenters. The lowest BCUT2D eigenvalue weighted by molar-refractivity contribution is 0.161. The average Bonchev–Trinajstić information content (AvgIpc) is 2.08. The first kappa shape index (κ1) is 9.44. The van der Waals surface area contributed by atoms with E-state index in [0.29, 0.717) is 18.7 Å². The summed E-state index contributed by atoms with van der Waals surface area (Å²) in [5.74, 6) is 0. The smallest absolute Gasteiger partial charge is 0.0613 e. The molecule has 1 fully saturated rings. The Morgan fingerprint density at radius 3 is 2.69 bits per heavy atom. The van der Waals surface area contributed by atoms with Gasteiger partial charge in [0.05, 0.1) is 6.61 Å². The van der Waals surface area contributed by atoms with Crippen molar-refractivity contribution in [3.05, 3.63) is 0 Å². The second-order valence-electron chi connectivity index (χ2n) is 3.97. The second kappa shape index (κ2) is 5.58. The summed E-state index contributed by atoms with van der Waals surface area (Å²) in [5, 5.41) is 3.30. The van der Waals surface area contributed by atoms with E-state index >= 15 is 0 Å². The molecule has 1 rings (SSSR count). The van der Waals surface area contributed by atoms with Gasteiger partial charge in [-0.15, -0.1) is 0 Å². The number of nitrogens with two attached hydrogens (primary N) is 1. The largest absolute Gasteiger partial charge is 0.383 e. The fourth-order valence-electron chi connectivity index (χ4n) is 1.87. The molecule has 0 aromatic rings. The molecule has 1 saturated carbocycles. The summed E-state index contributed by atoms with van der Waals surface area (Å²) in [7, 11) is 1.63. The Bertz CT molecular complexity index is 168. The Morgan fingerprint density at radius 1 is 1.54 bits per heavy atom. The van der Waals surface area contributed by atoms with Crippen molar-refractivity contribution >= 4 is 0 Å². The predicted octanol–water partition coefficient (Wildman–Crippen LogP) is 0.881. The molecular weight excluding hydrogens is 164 g/mol. The average molecular weight is 187 g/mol. The van der Waals surface area contributed by atoms with Gasteiger partial charge in [-0.05, 0) is 32.6 Å². The van der Waals surface area contributed by atoms with E-state index in [1.165, 1.54) is 0 Å². The van der Waals surface area contributed by atoms with Crippen LogP contribution in [0, 0.1) is 0 Å². The molecule has 0 heterocycles. The molecule has 1 atom stereocenters. The Kier molecular flexibility index (Phi) is 4.05. The fourth-order valence-corrected chi connectivity index (χ4v) is 1.87. The molecule has 0 aromatic carbocycles. The summed E-state index contributed by atoms with van der Waals surface area (Å²) in [6.07, 6.45) is 4.31. The highest BCUT2D eigenvalue weighted by Crippen LogP contribution is 2.17. The van der Waals surface area contributed by atoms with E-state index in [1.54, 1.807) is 7.11 Å². The van der Waals surface area contributed by atoms with Gasteiger partial charge in [0, 0.05) is 26.6 Å². The van der Waals surface area contributed by atoms with Gasteiger partial charge < -0.3 is 15.8 Å². The lowest BCUT2D eigenvalue weighted by atomic mass is 9.91. The first-order valence-corrected chi connectivity index (χ1v) is 5.06. The Balaban J connectivity index is 2.29. The van der Waals surface area contributed by atoms with Gasteiger partial charge in [0.15, 0.2) is 0 Å². The zero-order valence-electron chi connectivity index (χ0n) is 9.68. The van der Waals surface area contributed by atoms with E-state index in [0.717, 1.165) is 25.7 Å². The van der Waals surface area contributed by atoms with Crippen LogP contribution < -0.4 is 11.1 Å². The van der Waals surface area contributed by atoms with E-state index in [1.807, 2.05) is 6.92 Å². The molecule has 78 valence electrons. The van der Waals surface area contributed by atoms with Gasteiger partial charge in [0.2, 0.25) is 0 Å². The van der Waals surface area contributed by atoms with Crippen molar-refractivity contribution in [3.8, 4) is 0 Å². The molecule has 0 aliphatic heterocycles. The van der Waals surface area contributed by atoms with Crippen LogP contribution in [0.3, 0.4) is 0 Å². The summed E-state index contributed by atoms with van der Waals surface area (Å²) in [6, 6.07) is 0.140. The van der Waals surface area contributed by atoms with Gasteiger partial charge in [-0.3, -0.25) is 0 Å². The van der Waals surface area contributed by atoms with Gasteiger partial charge in [-0.2, -0.15) is 0 Å². The third-order valence-corrected chi connectivity index (χ3v) is 2.58. The van der Waals surface area contributed by atoms with Gasteiger partial charge in [0.1, 0.15) is 0 Å². The molecule has 0 saturated heterocycles. The molecule has 3 N–H and O–H groups in total. The maximum Gasteiger partial charge on any atom is 0.0613 e. The number of ether oxygens (including phenoxy) is 1. The topological polar surface area (TPSA) is 47.3 Å². The van der Waals surface area contributed by atoms with Crippen molar-refractivity contribution in [2.45, 2.75) is 50.7 Å². The van der Waals surface area contributed by atoms with E-state index in [9.17, 15) is 0 Å². The van der Waals surface area contributed by atoms with Gasteiger partial charge in [0.25, 0.3) is 0 Å². The minimum Gasteiger partial charge on any atom is -0.383 e. The molecule has 1 aliphatic rings. The standard InChI is InChI=1S/C10H22N2O/c1-8(7-13-2)12-10-5-3-9(11)4-6-10/h8-10,12H,3-7,11H2,1-2H3/i8D. The molecule has 0 spiro atoms. The summed E-state index contributed by atoms with van der Waals surface area (Å²) >= 11 is 0. The van der Waals surface area contributed by atoms with Crippen LogP contribution in [0.15, 0.2) is 0 Å². The lowest BCUT2D eigenvalue weighted by Gasteiger charge is -2.29. The normalized spacial score (nSPS) is 35.2. The zero-order valence-corrected chi connectivity index (χ0v) is 8.68. The molecule has 1 aliphatic carbocycles.